The molecule has 2 aliphatic heterocycles. The van der Waals surface area contributed by atoms with Crippen LogP contribution in [0.25, 0.3) is 0 Å². The Kier molecular flexibility index (Phi) is 5.44. The van der Waals surface area contributed by atoms with E-state index in [1.807, 2.05) is 12.3 Å². The summed E-state index contributed by atoms with van der Waals surface area (Å²) in [5, 5.41) is 3.09. The third kappa shape index (κ3) is 3.67. The van der Waals surface area contributed by atoms with E-state index in [0.29, 0.717) is 25.0 Å². The lowest BCUT2D eigenvalue weighted by Gasteiger charge is -2.34. The molecule has 2 saturated heterocycles. The molecule has 2 aliphatic rings. The van der Waals surface area contributed by atoms with Crippen molar-refractivity contribution in [2.24, 2.45) is 0 Å². The fourth-order valence-corrected chi connectivity index (χ4v) is 3.69. The van der Waals surface area contributed by atoms with E-state index in [4.69, 9.17) is 9.15 Å². The molecule has 1 amide bonds. The van der Waals surface area contributed by atoms with Gasteiger partial charge in [0.05, 0.1) is 31.1 Å². The van der Waals surface area contributed by atoms with Gasteiger partial charge in [-0.1, -0.05) is 6.42 Å². The van der Waals surface area contributed by atoms with Crippen molar-refractivity contribution in [3.63, 3.8) is 0 Å². The maximum absolute atomic E-state index is 12.4. The first kappa shape index (κ1) is 15.9. The van der Waals surface area contributed by atoms with Gasteiger partial charge in [0.2, 0.25) is 0 Å². The van der Waals surface area contributed by atoms with E-state index in [0.717, 1.165) is 24.6 Å². The second-order valence-corrected chi connectivity index (χ2v) is 6.85. The first-order chi connectivity index (χ1) is 10.8. The van der Waals surface area contributed by atoms with Gasteiger partial charge < -0.3 is 14.5 Å². The molecule has 22 heavy (non-hydrogen) atoms. The predicted octanol–water partition coefficient (Wildman–Crippen LogP) is 2.13. The summed E-state index contributed by atoms with van der Waals surface area (Å²) in [7, 11) is 0. The van der Waals surface area contributed by atoms with Crippen LogP contribution in [0.2, 0.25) is 0 Å². The molecule has 0 aliphatic carbocycles. The highest BCUT2D eigenvalue weighted by atomic mass is 32.2. The first-order valence-corrected chi connectivity index (χ1v) is 9.37. The fraction of sp³-hybridized carbons (Fsp3) is 0.688. The van der Waals surface area contributed by atoms with Crippen LogP contribution in [0.1, 0.15) is 35.6 Å². The lowest BCUT2D eigenvalue weighted by Crippen LogP contribution is -2.52. The zero-order valence-electron chi connectivity index (χ0n) is 13.0. The van der Waals surface area contributed by atoms with Crippen LogP contribution < -0.4 is 5.32 Å². The highest BCUT2D eigenvalue weighted by Crippen LogP contribution is 2.20. The van der Waals surface area contributed by atoms with Gasteiger partial charge in [-0.15, -0.1) is 0 Å². The number of carbonyl (C=O) groups is 1. The van der Waals surface area contributed by atoms with Gasteiger partial charge in [-0.2, -0.15) is 11.8 Å². The Morgan fingerprint density at radius 1 is 1.32 bits per heavy atom. The van der Waals surface area contributed by atoms with Crippen molar-refractivity contribution >= 4 is 17.7 Å². The van der Waals surface area contributed by atoms with Gasteiger partial charge in [-0.25, -0.2) is 0 Å². The SMILES string of the molecule is CSCc1ccc(C(=O)N[C@H]2COC[C@@H]2N2CCCCC2)o1. The van der Waals surface area contributed by atoms with E-state index in [2.05, 4.69) is 10.2 Å². The lowest BCUT2D eigenvalue weighted by atomic mass is 10.0. The third-order valence-corrected chi connectivity index (χ3v) is 4.97. The van der Waals surface area contributed by atoms with Gasteiger partial charge in [-0.3, -0.25) is 9.69 Å². The Morgan fingerprint density at radius 3 is 2.91 bits per heavy atom. The number of furan rings is 1. The van der Waals surface area contributed by atoms with Crippen molar-refractivity contribution in [1.29, 1.82) is 0 Å². The average molecular weight is 324 g/mol. The molecule has 0 spiro atoms. The van der Waals surface area contributed by atoms with Crippen molar-refractivity contribution in [3.8, 4) is 0 Å². The average Bonchev–Trinajstić information content (AvgIpc) is 3.18. The highest BCUT2D eigenvalue weighted by molar-refractivity contribution is 7.97. The van der Waals surface area contributed by atoms with Crippen LogP contribution in [-0.2, 0) is 10.5 Å². The zero-order valence-corrected chi connectivity index (χ0v) is 13.9. The third-order valence-electron chi connectivity index (χ3n) is 4.40. The summed E-state index contributed by atoms with van der Waals surface area (Å²) in [6.45, 7) is 3.52. The molecule has 0 bridgehead atoms. The first-order valence-electron chi connectivity index (χ1n) is 7.98. The summed E-state index contributed by atoms with van der Waals surface area (Å²) in [5.74, 6) is 1.89. The standard InChI is InChI=1S/C16H24N2O3S/c1-22-11-12-5-6-15(21-12)16(19)17-13-9-20-10-14(13)18-7-3-2-4-8-18/h5-6,13-14H,2-4,7-11H2,1H3,(H,17,19)/t13-,14-/m0/s1. The van der Waals surface area contributed by atoms with Crippen molar-refractivity contribution < 1.29 is 13.9 Å². The number of ether oxygens (including phenoxy) is 1. The molecule has 1 aromatic rings. The smallest absolute Gasteiger partial charge is 0.287 e. The van der Waals surface area contributed by atoms with Crippen LogP contribution in [0.15, 0.2) is 16.5 Å². The van der Waals surface area contributed by atoms with Crippen LogP contribution in [0.3, 0.4) is 0 Å². The van der Waals surface area contributed by atoms with Crippen LogP contribution in [0.4, 0.5) is 0 Å². The molecule has 3 heterocycles. The quantitative estimate of drug-likeness (QED) is 0.899. The van der Waals surface area contributed by atoms with Crippen molar-refractivity contribution in [2.75, 3.05) is 32.6 Å². The summed E-state index contributed by atoms with van der Waals surface area (Å²) in [5.41, 5.74) is 0. The maximum atomic E-state index is 12.4. The van der Waals surface area contributed by atoms with E-state index < -0.39 is 0 Å². The summed E-state index contributed by atoms with van der Waals surface area (Å²) in [6.07, 6.45) is 5.81. The van der Waals surface area contributed by atoms with E-state index in [1.165, 1.54) is 19.3 Å². The molecular weight excluding hydrogens is 300 g/mol. The van der Waals surface area contributed by atoms with Crippen molar-refractivity contribution in [2.45, 2.75) is 37.1 Å². The number of likely N-dealkylation sites (tertiary alicyclic amines) is 1. The Morgan fingerprint density at radius 2 is 2.14 bits per heavy atom. The number of thioether (sulfide) groups is 1. The second-order valence-electron chi connectivity index (χ2n) is 5.98. The Balaban J connectivity index is 1.59. The van der Waals surface area contributed by atoms with Gasteiger partial charge in [0.1, 0.15) is 5.76 Å². The van der Waals surface area contributed by atoms with Crippen LogP contribution >= 0.6 is 11.8 Å². The molecule has 0 aromatic carbocycles. The molecule has 0 radical (unpaired) electrons. The number of hydrogen-bond donors (Lipinski definition) is 1. The molecular formula is C16H24N2O3S. The Bertz CT molecular complexity index is 499. The largest absolute Gasteiger partial charge is 0.455 e. The maximum Gasteiger partial charge on any atom is 0.287 e. The summed E-state index contributed by atoms with van der Waals surface area (Å²) in [6, 6.07) is 3.98. The lowest BCUT2D eigenvalue weighted by molar-refractivity contribution is 0.0871. The monoisotopic (exact) mass is 324 g/mol. The summed E-state index contributed by atoms with van der Waals surface area (Å²) < 4.78 is 11.2. The number of hydrogen-bond acceptors (Lipinski definition) is 5. The minimum atomic E-state index is -0.134. The molecule has 0 saturated carbocycles. The normalized spacial score (nSPS) is 26.2. The van der Waals surface area contributed by atoms with Gasteiger partial charge >= 0.3 is 0 Å². The van der Waals surface area contributed by atoms with Crippen LogP contribution in [0.5, 0.6) is 0 Å². The van der Waals surface area contributed by atoms with Gasteiger partial charge in [0, 0.05) is 0 Å². The summed E-state index contributed by atoms with van der Waals surface area (Å²) >= 11 is 1.68. The van der Waals surface area contributed by atoms with Gasteiger partial charge in [0.15, 0.2) is 5.76 Å². The molecule has 0 unspecified atom stereocenters. The molecule has 122 valence electrons. The van der Waals surface area contributed by atoms with Crippen molar-refractivity contribution in [1.82, 2.24) is 10.2 Å². The predicted molar refractivity (Wildman–Crippen MR) is 87.2 cm³/mol. The van der Waals surface area contributed by atoms with E-state index in [-0.39, 0.29) is 11.9 Å². The summed E-state index contributed by atoms with van der Waals surface area (Å²) in [4.78, 5) is 14.8. The minimum absolute atomic E-state index is 0.0553. The van der Waals surface area contributed by atoms with E-state index in [1.54, 1.807) is 17.8 Å². The van der Waals surface area contributed by atoms with E-state index in [9.17, 15) is 4.79 Å². The topological polar surface area (TPSA) is 54.7 Å². The van der Waals surface area contributed by atoms with Gasteiger partial charge in [-0.05, 0) is 44.3 Å². The molecule has 1 aromatic heterocycles. The Hall–Kier alpha value is -0.980. The van der Waals surface area contributed by atoms with Gasteiger partial charge in [0.25, 0.3) is 5.91 Å². The van der Waals surface area contributed by atoms with Crippen LogP contribution in [0, 0.1) is 0 Å². The van der Waals surface area contributed by atoms with Crippen molar-refractivity contribution in [3.05, 3.63) is 23.7 Å². The second kappa shape index (κ2) is 7.53. The number of rotatable bonds is 5. The number of piperidine rings is 1. The number of nitrogens with zero attached hydrogens (tertiary/aromatic N) is 1. The molecule has 3 rings (SSSR count). The molecule has 5 nitrogen and oxygen atoms in total. The van der Waals surface area contributed by atoms with Crippen LogP contribution in [-0.4, -0.2) is 55.4 Å². The fourth-order valence-electron chi connectivity index (χ4n) is 3.25. The number of carbonyl (C=O) groups excluding carboxylic acids is 1. The highest BCUT2D eigenvalue weighted by Gasteiger charge is 2.35. The minimum Gasteiger partial charge on any atom is -0.455 e. The molecule has 2 fully saturated rings. The number of nitrogens with one attached hydrogen (secondary N) is 1. The number of amides is 1. The molecule has 1 N–H and O–H groups in total. The molecule has 2 atom stereocenters. The molecule has 6 heteroatoms. The zero-order chi connectivity index (χ0) is 15.4. The Labute approximate surface area is 135 Å². The van der Waals surface area contributed by atoms with E-state index >= 15 is 0 Å².